The van der Waals surface area contributed by atoms with Gasteiger partial charge in [-0.1, -0.05) is 38.1 Å². The van der Waals surface area contributed by atoms with Crippen LogP contribution in [0.25, 0.3) is 0 Å². The normalized spacial score (nSPS) is 16.9. The molecule has 1 N–H and O–H groups in total. The van der Waals surface area contributed by atoms with Crippen LogP contribution >= 0.6 is 0 Å². The van der Waals surface area contributed by atoms with E-state index in [0.29, 0.717) is 5.56 Å². The van der Waals surface area contributed by atoms with Crippen molar-refractivity contribution in [1.82, 2.24) is 10.2 Å². The molecule has 1 heterocycles. The van der Waals surface area contributed by atoms with E-state index in [4.69, 9.17) is 0 Å². The number of amides is 1. The molecule has 30 heavy (non-hydrogen) atoms. The predicted octanol–water partition coefficient (Wildman–Crippen LogP) is 4.20. The molecule has 1 amide bonds. The Hall–Kier alpha value is -2.18. The molecule has 1 unspecified atom stereocenters. The molecule has 6 heteroatoms. The molecule has 0 aromatic heterocycles. The Morgan fingerprint density at radius 2 is 1.67 bits per heavy atom. The summed E-state index contributed by atoms with van der Waals surface area (Å²) in [6.45, 7) is 7.52. The van der Waals surface area contributed by atoms with E-state index < -0.39 is 9.84 Å². The van der Waals surface area contributed by atoms with Gasteiger partial charge in [-0.05, 0) is 73.7 Å². The molecule has 1 saturated heterocycles. The summed E-state index contributed by atoms with van der Waals surface area (Å²) in [5.41, 5.74) is 2.76. The van der Waals surface area contributed by atoms with Crippen molar-refractivity contribution in [2.75, 3.05) is 19.3 Å². The summed E-state index contributed by atoms with van der Waals surface area (Å²) in [5.74, 6) is 0.703. The first-order chi connectivity index (χ1) is 14.3. The number of sulfone groups is 1. The molecule has 0 spiro atoms. The fourth-order valence-corrected chi connectivity index (χ4v) is 4.48. The van der Waals surface area contributed by atoms with E-state index in [2.05, 4.69) is 17.1 Å². The SMILES string of the molecule is CCC(NC(=O)c1ccc(CN2CCC(C)CC2)cc1)c1ccc(S(C)(=O)=O)cc1. The van der Waals surface area contributed by atoms with E-state index in [1.807, 2.05) is 31.2 Å². The van der Waals surface area contributed by atoms with Crippen LogP contribution in [0.15, 0.2) is 53.4 Å². The first-order valence-corrected chi connectivity index (χ1v) is 12.6. The lowest BCUT2D eigenvalue weighted by Gasteiger charge is -2.30. The molecule has 3 rings (SSSR count). The van der Waals surface area contributed by atoms with Crippen LogP contribution < -0.4 is 5.32 Å². The molecular formula is C24H32N2O3S. The summed E-state index contributed by atoms with van der Waals surface area (Å²) in [4.78, 5) is 15.5. The highest BCUT2D eigenvalue weighted by Gasteiger charge is 2.17. The van der Waals surface area contributed by atoms with Crippen LogP contribution in [0.5, 0.6) is 0 Å². The molecule has 0 radical (unpaired) electrons. The second-order valence-corrected chi connectivity index (χ2v) is 10.4. The third-order valence-electron chi connectivity index (χ3n) is 5.92. The summed E-state index contributed by atoms with van der Waals surface area (Å²) < 4.78 is 23.3. The number of benzene rings is 2. The van der Waals surface area contributed by atoms with Crippen LogP contribution in [-0.4, -0.2) is 38.6 Å². The van der Waals surface area contributed by atoms with Gasteiger partial charge in [0.1, 0.15) is 0 Å². The van der Waals surface area contributed by atoms with E-state index >= 15 is 0 Å². The first kappa shape index (κ1) is 22.5. The number of carbonyl (C=O) groups is 1. The number of rotatable bonds is 7. The Morgan fingerprint density at radius 3 is 2.20 bits per heavy atom. The highest BCUT2D eigenvalue weighted by atomic mass is 32.2. The van der Waals surface area contributed by atoms with Crippen molar-refractivity contribution >= 4 is 15.7 Å². The molecule has 1 aliphatic heterocycles. The molecule has 1 aliphatic rings. The summed E-state index contributed by atoms with van der Waals surface area (Å²) in [7, 11) is -3.23. The maximum absolute atomic E-state index is 12.7. The van der Waals surface area contributed by atoms with E-state index in [1.165, 1.54) is 24.7 Å². The molecular weight excluding hydrogens is 396 g/mol. The molecule has 0 aliphatic carbocycles. The van der Waals surface area contributed by atoms with E-state index in [1.54, 1.807) is 24.3 Å². The summed E-state index contributed by atoms with van der Waals surface area (Å²) >= 11 is 0. The number of nitrogens with one attached hydrogen (secondary N) is 1. The van der Waals surface area contributed by atoms with Gasteiger partial charge in [0.25, 0.3) is 5.91 Å². The standard InChI is InChI=1S/C24H32N2O3S/c1-4-23(20-9-11-22(12-10-20)30(3,28)29)25-24(27)21-7-5-19(6-8-21)17-26-15-13-18(2)14-16-26/h5-12,18,23H,4,13-17H2,1-3H3,(H,25,27). The minimum Gasteiger partial charge on any atom is -0.345 e. The lowest BCUT2D eigenvalue weighted by atomic mass is 9.98. The molecule has 0 saturated carbocycles. The number of likely N-dealkylation sites (tertiary alicyclic amines) is 1. The van der Waals surface area contributed by atoms with Crippen molar-refractivity contribution in [2.24, 2.45) is 5.92 Å². The van der Waals surface area contributed by atoms with Gasteiger partial charge in [-0.15, -0.1) is 0 Å². The summed E-state index contributed by atoms with van der Waals surface area (Å²) in [6.07, 6.45) is 4.42. The Bertz CT molecular complexity index is 945. The summed E-state index contributed by atoms with van der Waals surface area (Å²) in [5, 5.41) is 3.06. The quantitative estimate of drug-likeness (QED) is 0.718. The van der Waals surface area contributed by atoms with Crippen LogP contribution in [0.3, 0.4) is 0 Å². The molecule has 1 atom stereocenters. The van der Waals surface area contributed by atoms with Gasteiger partial charge in [0, 0.05) is 18.4 Å². The Labute approximate surface area is 180 Å². The molecule has 2 aromatic rings. The Morgan fingerprint density at radius 1 is 1.07 bits per heavy atom. The van der Waals surface area contributed by atoms with Gasteiger partial charge in [0.2, 0.25) is 0 Å². The number of nitrogens with zero attached hydrogens (tertiary/aromatic N) is 1. The van der Waals surface area contributed by atoms with E-state index in [0.717, 1.165) is 37.5 Å². The van der Waals surface area contributed by atoms with Gasteiger partial charge in [0.15, 0.2) is 9.84 Å². The minimum atomic E-state index is -3.23. The number of piperidine rings is 1. The van der Waals surface area contributed by atoms with Crippen LogP contribution in [0.1, 0.15) is 60.6 Å². The highest BCUT2D eigenvalue weighted by Crippen LogP contribution is 2.21. The van der Waals surface area contributed by atoms with Crippen molar-refractivity contribution in [3.63, 3.8) is 0 Å². The van der Waals surface area contributed by atoms with Gasteiger partial charge < -0.3 is 5.32 Å². The zero-order chi connectivity index (χ0) is 21.7. The van der Waals surface area contributed by atoms with Crippen LogP contribution in [-0.2, 0) is 16.4 Å². The Kier molecular flexibility index (Phi) is 7.32. The smallest absolute Gasteiger partial charge is 0.251 e. The lowest BCUT2D eigenvalue weighted by molar-refractivity contribution is 0.0935. The average Bonchev–Trinajstić information content (AvgIpc) is 2.73. The van der Waals surface area contributed by atoms with E-state index in [9.17, 15) is 13.2 Å². The third-order valence-corrected chi connectivity index (χ3v) is 7.05. The zero-order valence-corrected chi connectivity index (χ0v) is 18.9. The fraction of sp³-hybridized carbons (Fsp3) is 0.458. The second-order valence-electron chi connectivity index (χ2n) is 8.43. The maximum atomic E-state index is 12.7. The molecule has 0 bridgehead atoms. The van der Waals surface area contributed by atoms with Crippen molar-refractivity contribution in [1.29, 1.82) is 0 Å². The number of hydrogen-bond acceptors (Lipinski definition) is 4. The topological polar surface area (TPSA) is 66.5 Å². The predicted molar refractivity (Wildman–Crippen MR) is 120 cm³/mol. The van der Waals surface area contributed by atoms with Crippen molar-refractivity contribution in [2.45, 2.75) is 50.6 Å². The monoisotopic (exact) mass is 428 g/mol. The average molecular weight is 429 g/mol. The zero-order valence-electron chi connectivity index (χ0n) is 18.1. The minimum absolute atomic E-state index is 0.118. The largest absolute Gasteiger partial charge is 0.345 e. The first-order valence-electron chi connectivity index (χ1n) is 10.7. The molecule has 5 nitrogen and oxygen atoms in total. The number of carbonyl (C=O) groups excluding carboxylic acids is 1. The Balaban J connectivity index is 1.61. The van der Waals surface area contributed by atoms with Crippen molar-refractivity contribution < 1.29 is 13.2 Å². The van der Waals surface area contributed by atoms with Gasteiger partial charge in [-0.3, -0.25) is 9.69 Å². The van der Waals surface area contributed by atoms with Crippen LogP contribution in [0.2, 0.25) is 0 Å². The summed E-state index contributed by atoms with van der Waals surface area (Å²) in [6, 6.07) is 14.4. The highest BCUT2D eigenvalue weighted by molar-refractivity contribution is 7.90. The second kappa shape index (κ2) is 9.75. The lowest BCUT2D eigenvalue weighted by Crippen LogP contribution is -2.32. The van der Waals surface area contributed by atoms with Gasteiger partial charge >= 0.3 is 0 Å². The van der Waals surface area contributed by atoms with Crippen molar-refractivity contribution in [3.8, 4) is 0 Å². The van der Waals surface area contributed by atoms with Gasteiger partial charge in [-0.2, -0.15) is 0 Å². The van der Waals surface area contributed by atoms with E-state index in [-0.39, 0.29) is 16.8 Å². The number of hydrogen-bond donors (Lipinski definition) is 1. The molecule has 162 valence electrons. The van der Waals surface area contributed by atoms with Crippen LogP contribution in [0.4, 0.5) is 0 Å². The molecule has 2 aromatic carbocycles. The third kappa shape index (κ3) is 5.92. The van der Waals surface area contributed by atoms with Gasteiger partial charge in [0.05, 0.1) is 10.9 Å². The maximum Gasteiger partial charge on any atom is 0.251 e. The van der Waals surface area contributed by atoms with Crippen LogP contribution in [0, 0.1) is 5.92 Å². The van der Waals surface area contributed by atoms with Crippen molar-refractivity contribution in [3.05, 3.63) is 65.2 Å². The fourth-order valence-electron chi connectivity index (χ4n) is 3.85. The van der Waals surface area contributed by atoms with Gasteiger partial charge in [-0.25, -0.2) is 8.42 Å². The molecule has 1 fully saturated rings.